The molecule has 1 unspecified atom stereocenters. The standard InChI is InChI=1S/C28H27N5O2S/c1-18(2)21-13-7-9-15-23(21)32-26(35)22-14-8-10-16-24(22)33-27(32)30-31-28(33)36-17-25(34)29-19(3)20-11-5-4-6-12-20/h4-16,18-19H,17H2,1-3H3,(H,29,34). The smallest absolute Gasteiger partial charge is 0.267 e. The lowest BCUT2D eigenvalue weighted by Gasteiger charge is -2.16. The number of aromatic nitrogens is 4. The molecule has 0 bridgehead atoms. The van der Waals surface area contributed by atoms with Crippen molar-refractivity contribution in [2.75, 3.05) is 5.75 Å². The number of hydrogen-bond donors (Lipinski definition) is 1. The lowest BCUT2D eigenvalue weighted by Crippen LogP contribution is -2.28. The van der Waals surface area contributed by atoms with E-state index in [4.69, 9.17) is 0 Å². The highest BCUT2D eigenvalue weighted by Crippen LogP contribution is 2.27. The first-order chi connectivity index (χ1) is 17.5. The van der Waals surface area contributed by atoms with Crippen molar-refractivity contribution in [1.29, 1.82) is 0 Å². The molecule has 36 heavy (non-hydrogen) atoms. The average molecular weight is 498 g/mol. The molecule has 0 aliphatic rings. The summed E-state index contributed by atoms with van der Waals surface area (Å²) in [6.07, 6.45) is 0. The third kappa shape index (κ3) is 4.40. The highest BCUT2D eigenvalue weighted by Gasteiger charge is 2.21. The molecule has 2 aromatic heterocycles. The molecule has 5 aromatic rings. The molecule has 3 aromatic carbocycles. The van der Waals surface area contributed by atoms with Gasteiger partial charge in [0.15, 0.2) is 5.16 Å². The molecule has 2 heterocycles. The first-order valence-electron chi connectivity index (χ1n) is 11.9. The molecule has 0 aliphatic heterocycles. The van der Waals surface area contributed by atoms with Crippen LogP contribution in [0.15, 0.2) is 88.8 Å². The van der Waals surface area contributed by atoms with Crippen LogP contribution in [-0.2, 0) is 4.79 Å². The van der Waals surface area contributed by atoms with E-state index in [0.29, 0.717) is 21.8 Å². The molecule has 0 aliphatic carbocycles. The molecule has 7 nitrogen and oxygen atoms in total. The average Bonchev–Trinajstić information content (AvgIpc) is 3.32. The van der Waals surface area contributed by atoms with Crippen molar-refractivity contribution >= 4 is 34.3 Å². The molecule has 0 spiro atoms. The fraction of sp³-hybridized carbons (Fsp3) is 0.214. The minimum atomic E-state index is -0.149. The highest BCUT2D eigenvalue weighted by atomic mass is 32.2. The summed E-state index contributed by atoms with van der Waals surface area (Å²) in [7, 11) is 0. The molecule has 1 amide bonds. The summed E-state index contributed by atoms with van der Waals surface area (Å²) in [4.78, 5) is 26.4. The van der Waals surface area contributed by atoms with Gasteiger partial charge in [-0.05, 0) is 42.2 Å². The zero-order chi connectivity index (χ0) is 25.2. The van der Waals surface area contributed by atoms with Gasteiger partial charge in [-0.15, -0.1) is 10.2 Å². The predicted molar refractivity (Wildman–Crippen MR) is 144 cm³/mol. The number of amides is 1. The van der Waals surface area contributed by atoms with E-state index in [9.17, 15) is 9.59 Å². The van der Waals surface area contributed by atoms with Gasteiger partial charge in [-0.2, -0.15) is 0 Å². The number of nitrogens with one attached hydrogen (secondary N) is 1. The summed E-state index contributed by atoms with van der Waals surface area (Å²) >= 11 is 1.30. The van der Waals surface area contributed by atoms with Crippen molar-refractivity contribution in [1.82, 2.24) is 24.5 Å². The van der Waals surface area contributed by atoms with Gasteiger partial charge in [0.1, 0.15) is 0 Å². The fourth-order valence-corrected chi connectivity index (χ4v) is 5.16. The lowest BCUT2D eigenvalue weighted by molar-refractivity contribution is -0.119. The van der Waals surface area contributed by atoms with Crippen LogP contribution in [0.1, 0.15) is 43.9 Å². The Hall–Kier alpha value is -3.91. The first-order valence-corrected chi connectivity index (χ1v) is 12.9. The molecule has 0 radical (unpaired) electrons. The summed E-state index contributed by atoms with van der Waals surface area (Å²) in [5, 5.41) is 13.0. The van der Waals surface area contributed by atoms with E-state index < -0.39 is 0 Å². The lowest BCUT2D eigenvalue weighted by atomic mass is 10.0. The minimum absolute atomic E-state index is 0.101. The van der Waals surface area contributed by atoms with E-state index in [1.807, 2.05) is 90.2 Å². The molecule has 182 valence electrons. The van der Waals surface area contributed by atoms with E-state index in [0.717, 1.165) is 16.8 Å². The van der Waals surface area contributed by atoms with Gasteiger partial charge >= 0.3 is 0 Å². The number of thioether (sulfide) groups is 1. The van der Waals surface area contributed by atoms with Crippen molar-refractivity contribution in [2.24, 2.45) is 0 Å². The Bertz CT molecular complexity index is 1610. The van der Waals surface area contributed by atoms with Crippen molar-refractivity contribution in [3.63, 3.8) is 0 Å². The minimum Gasteiger partial charge on any atom is -0.349 e. The third-order valence-electron chi connectivity index (χ3n) is 6.20. The van der Waals surface area contributed by atoms with E-state index in [2.05, 4.69) is 29.4 Å². The van der Waals surface area contributed by atoms with Gasteiger partial charge in [-0.1, -0.05) is 86.3 Å². The van der Waals surface area contributed by atoms with Crippen molar-refractivity contribution in [3.05, 3.63) is 100 Å². The molecular formula is C28H27N5O2S. The van der Waals surface area contributed by atoms with Crippen molar-refractivity contribution in [2.45, 2.75) is 37.9 Å². The molecule has 1 N–H and O–H groups in total. The number of para-hydroxylation sites is 2. The maximum absolute atomic E-state index is 13.7. The van der Waals surface area contributed by atoms with Gasteiger partial charge in [0.25, 0.3) is 5.56 Å². The maximum atomic E-state index is 13.7. The zero-order valence-corrected chi connectivity index (χ0v) is 21.2. The van der Waals surface area contributed by atoms with Crippen molar-refractivity contribution < 1.29 is 4.79 Å². The molecule has 0 saturated carbocycles. The fourth-order valence-electron chi connectivity index (χ4n) is 4.41. The van der Waals surface area contributed by atoms with E-state index in [1.165, 1.54) is 11.8 Å². The summed E-state index contributed by atoms with van der Waals surface area (Å²) < 4.78 is 3.50. The van der Waals surface area contributed by atoms with Crippen LogP contribution in [-0.4, -0.2) is 30.8 Å². The predicted octanol–water partition coefficient (Wildman–Crippen LogP) is 5.13. The zero-order valence-electron chi connectivity index (χ0n) is 20.4. The Labute approximate surface area is 213 Å². The summed E-state index contributed by atoms with van der Waals surface area (Å²) in [5.74, 6) is 0.712. The molecule has 0 fully saturated rings. The van der Waals surface area contributed by atoms with Gasteiger partial charge in [0.2, 0.25) is 11.7 Å². The maximum Gasteiger partial charge on any atom is 0.267 e. The quantitative estimate of drug-likeness (QED) is 0.316. The Kier molecular flexibility index (Phi) is 6.61. The Morgan fingerprint density at radius 1 is 0.917 bits per heavy atom. The van der Waals surface area contributed by atoms with Gasteiger partial charge in [-0.25, -0.2) is 4.57 Å². The molecule has 5 rings (SSSR count). The molecule has 8 heteroatoms. The molecule has 0 saturated heterocycles. The summed E-state index contributed by atoms with van der Waals surface area (Å²) in [6, 6.07) is 25.0. The van der Waals surface area contributed by atoms with Crippen LogP contribution in [0, 0.1) is 0 Å². The van der Waals surface area contributed by atoms with Gasteiger partial charge in [-0.3, -0.25) is 14.0 Å². The SMILES string of the molecule is CC(C)c1ccccc1-n1c(=O)c2ccccc2n2c(SCC(=O)NC(C)c3ccccc3)nnc12. The Morgan fingerprint density at radius 3 is 2.39 bits per heavy atom. The van der Waals surface area contributed by atoms with Crippen LogP contribution in [0.5, 0.6) is 0 Å². The number of carbonyl (C=O) groups is 1. The topological polar surface area (TPSA) is 81.3 Å². The highest BCUT2D eigenvalue weighted by molar-refractivity contribution is 7.99. The second-order valence-corrected chi connectivity index (χ2v) is 9.92. The number of carbonyl (C=O) groups excluding carboxylic acids is 1. The number of hydrogen-bond acceptors (Lipinski definition) is 5. The van der Waals surface area contributed by atoms with Gasteiger partial charge < -0.3 is 5.32 Å². The summed E-state index contributed by atoms with van der Waals surface area (Å²) in [6.45, 7) is 6.16. The van der Waals surface area contributed by atoms with E-state index >= 15 is 0 Å². The van der Waals surface area contributed by atoms with Crippen LogP contribution >= 0.6 is 11.8 Å². The van der Waals surface area contributed by atoms with Crippen LogP contribution < -0.4 is 10.9 Å². The largest absolute Gasteiger partial charge is 0.349 e. The Balaban J connectivity index is 1.54. The van der Waals surface area contributed by atoms with Crippen molar-refractivity contribution in [3.8, 4) is 5.69 Å². The summed E-state index contributed by atoms with van der Waals surface area (Å²) in [5.41, 5.74) is 3.43. The van der Waals surface area contributed by atoms with Crippen LogP contribution in [0.2, 0.25) is 0 Å². The van der Waals surface area contributed by atoms with Crippen LogP contribution in [0.4, 0.5) is 0 Å². The van der Waals surface area contributed by atoms with E-state index in [1.54, 1.807) is 4.57 Å². The van der Waals surface area contributed by atoms with Gasteiger partial charge in [0, 0.05) is 0 Å². The first kappa shape index (κ1) is 23.8. The molecular weight excluding hydrogens is 470 g/mol. The second kappa shape index (κ2) is 9.99. The monoisotopic (exact) mass is 497 g/mol. The Morgan fingerprint density at radius 2 is 1.61 bits per heavy atom. The van der Waals surface area contributed by atoms with Gasteiger partial charge in [0.05, 0.1) is 28.4 Å². The second-order valence-electron chi connectivity index (χ2n) is 8.98. The van der Waals surface area contributed by atoms with E-state index in [-0.39, 0.29) is 29.2 Å². The normalized spacial score (nSPS) is 12.3. The number of rotatable bonds is 7. The number of fused-ring (bicyclic) bond motifs is 3. The third-order valence-corrected chi connectivity index (χ3v) is 7.13. The van der Waals surface area contributed by atoms with Crippen LogP contribution in [0.25, 0.3) is 22.4 Å². The van der Waals surface area contributed by atoms with Crippen LogP contribution in [0.3, 0.4) is 0 Å². The number of nitrogens with zero attached hydrogens (tertiary/aromatic N) is 4. The molecule has 1 atom stereocenters. The number of benzene rings is 3.